The summed E-state index contributed by atoms with van der Waals surface area (Å²) in [6.07, 6.45) is 0. The zero-order valence-corrected chi connectivity index (χ0v) is 12.4. The fourth-order valence-electron chi connectivity index (χ4n) is 1.42. The molecule has 21 heavy (non-hydrogen) atoms. The molecule has 2 aromatic rings. The molecule has 0 radical (unpaired) electrons. The van der Waals surface area contributed by atoms with Crippen LogP contribution >= 0.6 is 0 Å². The highest BCUT2D eigenvalue weighted by molar-refractivity contribution is 7.90. The summed E-state index contributed by atoms with van der Waals surface area (Å²) in [5.41, 5.74) is 0. The Hall–Kier alpha value is -1.89. The normalized spacial score (nSPS) is 12.4. The highest BCUT2D eigenvalue weighted by Gasteiger charge is 2.17. The Morgan fingerprint density at radius 1 is 1.05 bits per heavy atom. The van der Waals surface area contributed by atoms with Crippen LogP contribution in [-0.4, -0.2) is 44.5 Å². The van der Waals surface area contributed by atoms with Crippen LogP contribution in [-0.2, 0) is 26.6 Å². The molecule has 2 rings (SSSR count). The molecule has 12 heteroatoms. The average molecular weight is 332 g/mol. The monoisotopic (exact) mass is 332 g/mol. The molecule has 0 atom stereocenters. The van der Waals surface area contributed by atoms with E-state index >= 15 is 0 Å². The van der Waals surface area contributed by atoms with Crippen LogP contribution in [0.25, 0.3) is 0 Å². The van der Waals surface area contributed by atoms with Gasteiger partial charge in [-0.05, 0) is 31.3 Å². The lowest BCUT2D eigenvalue weighted by molar-refractivity contribution is 0.578. The average Bonchev–Trinajstić information content (AvgIpc) is 2.99. The summed E-state index contributed by atoms with van der Waals surface area (Å²) >= 11 is 0. The molecule has 0 aliphatic heterocycles. The second kappa shape index (κ2) is 5.85. The molecule has 114 valence electrons. The highest BCUT2D eigenvalue weighted by Crippen LogP contribution is 2.14. The van der Waals surface area contributed by atoms with Gasteiger partial charge in [0, 0.05) is 0 Å². The quantitative estimate of drug-likeness (QED) is 0.588. The first-order valence-electron chi connectivity index (χ1n) is 5.61. The topological polar surface area (TPSA) is 147 Å². The van der Waals surface area contributed by atoms with E-state index in [9.17, 15) is 16.8 Å². The van der Waals surface area contributed by atoms with Gasteiger partial charge in [-0.3, -0.25) is 0 Å². The first-order valence-corrected chi connectivity index (χ1v) is 8.57. The van der Waals surface area contributed by atoms with Crippen molar-refractivity contribution in [3.63, 3.8) is 0 Å². The molecule has 0 saturated carbocycles. The van der Waals surface area contributed by atoms with E-state index in [1.165, 1.54) is 31.3 Å². The van der Waals surface area contributed by atoms with E-state index in [1.807, 2.05) is 0 Å². The maximum Gasteiger partial charge on any atom is 0.240 e. The van der Waals surface area contributed by atoms with Gasteiger partial charge in [-0.2, -0.15) is 5.21 Å². The maximum atomic E-state index is 12.0. The van der Waals surface area contributed by atoms with Gasteiger partial charge >= 0.3 is 0 Å². The fourth-order valence-corrected chi connectivity index (χ4v) is 3.13. The predicted molar refractivity (Wildman–Crippen MR) is 70.9 cm³/mol. The molecular weight excluding hydrogens is 320 g/mol. The van der Waals surface area contributed by atoms with Gasteiger partial charge in [-0.15, -0.1) is 10.2 Å². The number of tetrazole rings is 1. The molecule has 1 aromatic carbocycles. The van der Waals surface area contributed by atoms with E-state index in [2.05, 4.69) is 30.1 Å². The van der Waals surface area contributed by atoms with Gasteiger partial charge in [0.15, 0.2) is 5.82 Å². The standard InChI is InChI=1S/C9H12N6O4S2/c1-10-20(16,17)7-2-4-8(5-3-7)21(18,19)11-6-9-12-14-15-13-9/h2-5,10-11H,6H2,1H3,(H,12,13,14,15). The first kappa shape index (κ1) is 15.5. The summed E-state index contributed by atoms with van der Waals surface area (Å²) < 4.78 is 51.5. The minimum absolute atomic E-state index is 0.0258. The summed E-state index contributed by atoms with van der Waals surface area (Å²) in [6, 6.07) is 4.80. The van der Waals surface area contributed by atoms with E-state index in [0.29, 0.717) is 0 Å². The van der Waals surface area contributed by atoms with Crippen LogP contribution in [0.3, 0.4) is 0 Å². The van der Waals surface area contributed by atoms with Crippen molar-refractivity contribution in [3.8, 4) is 0 Å². The molecule has 1 heterocycles. The van der Waals surface area contributed by atoms with Crippen LogP contribution in [0.1, 0.15) is 5.82 Å². The second-order valence-electron chi connectivity index (χ2n) is 3.83. The molecule has 3 N–H and O–H groups in total. The molecule has 0 fully saturated rings. The Morgan fingerprint density at radius 3 is 2.10 bits per heavy atom. The number of hydrogen-bond acceptors (Lipinski definition) is 7. The van der Waals surface area contributed by atoms with Crippen molar-refractivity contribution in [1.82, 2.24) is 30.1 Å². The summed E-state index contributed by atoms with van der Waals surface area (Å²) in [5, 5.41) is 12.7. The van der Waals surface area contributed by atoms with Crippen molar-refractivity contribution in [1.29, 1.82) is 0 Å². The van der Waals surface area contributed by atoms with Crippen molar-refractivity contribution >= 4 is 20.0 Å². The molecule has 10 nitrogen and oxygen atoms in total. The molecular formula is C9H12N6O4S2. The Kier molecular flexibility index (Phi) is 4.32. The van der Waals surface area contributed by atoms with Gasteiger partial charge in [-0.25, -0.2) is 26.3 Å². The fraction of sp³-hybridized carbons (Fsp3) is 0.222. The van der Waals surface area contributed by atoms with Crippen LogP contribution in [0.15, 0.2) is 34.1 Å². The number of aromatic nitrogens is 4. The van der Waals surface area contributed by atoms with Gasteiger partial charge in [0.1, 0.15) is 0 Å². The molecule has 0 unspecified atom stereocenters. The van der Waals surface area contributed by atoms with Gasteiger partial charge in [0.25, 0.3) is 0 Å². The Labute approximate surface area is 121 Å². The zero-order chi connectivity index (χ0) is 15.5. The zero-order valence-electron chi connectivity index (χ0n) is 10.8. The molecule has 0 bridgehead atoms. The lowest BCUT2D eigenvalue weighted by atomic mass is 10.4. The third kappa shape index (κ3) is 3.60. The summed E-state index contributed by atoms with van der Waals surface area (Å²) in [7, 11) is -6.13. The third-order valence-electron chi connectivity index (χ3n) is 2.52. The summed E-state index contributed by atoms with van der Waals surface area (Å²) in [4.78, 5) is -0.0943. The van der Waals surface area contributed by atoms with Crippen LogP contribution in [0.2, 0.25) is 0 Å². The second-order valence-corrected chi connectivity index (χ2v) is 7.49. The summed E-state index contributed by atoms with van der Waals surface area (Å²) in [5.74, 6) is 0.188. The van der Waals surface area contributed by atoms with E-state index in [4.69, 9.17) is 0 Å². The van der Waals surface area contributed by atoms with Crippen molar-refractivity contribution in [2.45, 2.75) is 16.3 Å². The lowest BCUT2D eigenvalue weighted by Gasteiger charge is -2.06. The highest BCUT2D eigenvalue weighted by atomic mass is 32.2. The first-order chi connectivity index (χ1) is 9.85. The Balaban J connectivity index is 2.17. The molecule has 0 spiro atoms. The van der Waals surface area contributed by atoms with Crippen molar-refractivity contribution in [3.05, 3.63) is 30.1 Å². The Bertz CT molecular complexity index is 798. The number of sulfonamides is 2. The number of nitrogens with zero attached hydrogens (tertiary/aromatic N) is 3. The van der Waals surface area contributed by atoms with Gasteiger partial charge in [0.2, 0.25) is 20.0 Å². The minimum atomic E-state index is -3.79. The van der Waals surface area contributed by atoms with Gasteiger partial charge in [0.05, 0.1) is 16.3 Å². The van der Waals surface area contributed by atoms with Crippen molar-refractivity contribution in [2.75, 3.05) is 7.05 Å². The van der Waals surface area contributed by atoms with Gasteiger partial charge in [-0.1, -0.05) is 5.21 Å². The Morgan fingerprint density at radius 2 is 1.62 bits per heavy atom. The molecule has 0 amide bonds. The maximum absolute atomic E-state index is 12.0. The minimum Gasteiger partial charge on any atom is -0.214 e. The SMILES string of the molecule is CNS(=O)(=O)c1ccc(S(=O)(=O)NCc2nn[nH]n2)cc1. The molecule has 1 aromatic heterocycles. The number of benzene rings is 1. The van der Waals surface area contributed by atoms with E-state index in [-0.39, 0.29) is 22.2 Å². The van der Waals surface area contributed by atoms with E-state index in [0.717, 1.165) is 0 Å². The molecule has 0 saturated heterocycles. The van der Waals surface area contributed by atoms with Crippen LogP contribution in [0.4, 0.5) is 0 Å². The number of nitrogens with one attached hydrogen (secondary N) is 3. The van der Waals surface area contributed by atoms with E-state index < -0.39 is 20.0 Å². The van der Waals surface area contributed by atoms with Crippen LogP contribution in [0.5, 0.6) is 0 Å². The van der Waals surface area contributed by atoms with Crippen molar-refractivity contribution < 1.29 is 16.8 Å². The van der Waals surface area contributed by atoms with Gasteiger partial charge < -0.3 is 0 Å². The molecule has 0 aliphatic carbocycles. The van der Waals surface area contributed by atoms with Crippen LogP contribution < -0.4 is 9.44 Å². The number of hydrogen-bond donors (Lipinski definition) is 3. The summed E-state index contributed by atoms with van der Waals surface area (Å²) in [6.45, 7) is -0.130. The third-order valence-corrected chi connectivity index (χ3v) is 5.37. The van der Waals surface area contributed by atoms with Crippen molar-refractivity contribution in [2.24, 2.45) is 0 Å². The smallest absolute Gasteiger partial charge is 0.214 e. The largest absolute Gasteiger partial charge is 0.240 e. The number of rotatable bonds is 6. The van der Waals surface area contributed by atoms with E-state index in [1.54, 1.807) is 0 Å². The molecule has 0 aliphatic rings. The predicted octanol–water partition coefficient (Wildman–Crippen LogP) is -1.41. The number of aromatic amines is 1. The lowest BCUT2D eigenvalue weighted by Crippen LogP contribution is -2.24. The van der Waals surface area contributed by atoms with Crippen LogP contribution in [0, 0.1) is 0 Å². The number of H-pyrrole nitrogens is 1.